The Labute approximate surface area is 201 Å². The van der Waals surface area contributed by atoms with Gasteiger partial charge in [0.15, 0.2) is 5.82 Å². The number of aromatic nitrogens is 5. The van der Waals surface area contributed by atoms with Crippen LogP contribution in [0.3, 0.4) is 0 Å². The largest absolute Gasteiger partial charge is 0.497 e. The second-order valence-electron chi connectivity index (χ2n) is 7.75. The summed E-state index contributed by atoms with van der Waals surface area (Å²) in [6, 6.07) is 16.7. The smallest absolute Gasteiger partial charge is 0.269 e. The first-order valence-corrected chi connectivity index (χ1v) is 10.8. The molecule has 1 amide bonds. The van der Waals surface area contributed by atoms with Gasteiger partial charge in [0, 0.05) is 47.8 Å². The van der Waals surface area contributed by atoms with Gasteiger partial charge in [-0.05, 0) is 24.3 Å². The monoisotopic (exact) mass is 466 g/mol. The van der Waals surface area contributed by atoms with Crippen molar-refractivity contribution in [3.05, 3.63) is 97.0 Å². The van der Waals surface area contributed by atoms with Gasteiger partial charge in [0.2, 0.25) is 5.60 Å². The third-order valence-corrected chi connectivity index (χ3v) is 5.79. The summed E-state index contributed by atoms with van der Waals surface area (Å²) in [5.74, 6) is 0.475. The van der Waals surface area contributed by atoms with E-state index in [1.807, 2.05) is 30.3 Å². The highest BCUT2D eigenvalue weighted by molar-refractivity contribution is 6.01. The summed E-state index contributed by atoms with van der Waals surface area (Å²) in [7, 11) is 3.03. The SMILES string of the molecule is COc1cccc([C@](OC)(C(=O)Nc2cncc(-c3cnnc4ccccc34)c2)c2ncc[nH]2)c1. The lowest BCUT2D eigenvalue weighted by Gasteiger charge is -2.30. The van der Waals surface area contributed by atoms with Crippen LogP contribution < -0.4 is 10.1 Å². The molecule has 5 rings (SSSR count). The molecule has 0 radical (unpaired) electrons. The lowest BCUT2D eigenvalue weighted by molar-refractivity contribution is -0.134. The van der Waals surface area contributed by atoms with E-state index in [2.05, 4.69) is 30.5 Å². The van der Waals surface area contributed by atoms with Crippen LogP contribution in [-0.2, 0) is 15.1 Å². The summed E-state index contributed by atoms with van der Waals surface area (Å²) in [6.45, 7) is 0. The van der Waals surface area contributed by atoms with Crippen molar-refractivity contribution in [2.45, 2.75) is 5.60 Å². The zero-order chi connectivity index (χ0) is 24.3. The molecule has 0 bridgehead atoms. The van der Waals surface area contributed by atoms with E-state index in [-0.39, 0.29) is 0 Å². The van der Waals surface area contributed by atoms with Crippen LogP contribution in [0, 0.1) is 0 Å². The molecule has 9 heteroatoms. The van der Waals surface area contributed by atoms with Crippen molar-refractivity contribution in [2.24, 2.45) is 0 Å². The van der Waals surface area contributed by atoms with Crippen molar-refractivity contribution in [2.75, 3.05) is 19.5 Å². The van der Waals surface area contributed by atoms with Crippen molar-refractivity contribution in [3.8, 4) is 16.9 Å². The second-order valence-corrected chi connectivity index (χ2v) is 7.75. The number of carbonyl (C=O) groups excluding carboxylic acids is 1. The number of amides is 1. The molecule has 0 aliphatic carbocycles. The highest BCUT2D eigenvalue weighted by Crippen LogP contribution is 2.35. The maximum absolute atomic E-state index is 13.8. The van der Waals surface area contributed by atoms with Gasteiger partial charge >= 0.3 is 0 Å². The molecule has 0 fully saturated rings. The highest BCUT2D eigenvalue weighted by Gasteiger charge is 2.45. The molecule has 0 saturated heterocycles. The summed E-state index contributed by atoms with van der Waals surface area (Å²) in [5, 5.41) is 12.2. The number of methoxy groups -OCH3 is 2. The number of imidazole rings is 1. The molecule has 0 aliphatic rings. The minimum Gasteiger partial charge on any atom is -0.497 e. The van der Waals surface area contributed by atoms with E-state index < -0.39 is 11.5 Å². The number of nitrogens with zero attached hydrogens (tertiary/aromatic N) is 4. The quantitative estimate of drug-likeness (QED) is 0.373. The molecule has 3 heterocycles. The van der Waals surface area contributed by atoms with Crippen LogP contribution in [0.25, 0.3) is 22.0 Å². The lowest BCUT2D eigenvalue weighted by Crippen LogP contribution is -2.44. The molecule has 2 N–H and O–H groups in total. The number of carbonyl (C=O) groups is 1. The van der Waals surface area contributed by atoms with E-state index in [4.69, 9.17) is 9.47 Å². The minimum absolute atomic E-state index is 0.333. The maximum atomic E-state index is 13.8. The molecular weight excluding hydrogens is 444 g/mol. The van der Waals surface area contributed by atoms with Crippen LogP contribution in [0.1, 0.15) is 11.4 Å². The predicted octanol–water partition coefficient (Wildman–Crippen LogP) is 3.95. The summed E-state index contributed by atoms with van der Waals surface area (Å²) in [4.78, 5) is 25.5. The second kappa shape index (κ2) is 9.32. The van der Waals surface area contributed by atoms with E-state index in [1.165, 1.54) is 7.11 Å². The van der Waals surface area contributed by atoms with E-state index in [0.717, 1.165) is 22.0 Å². The number of anilines is 1. The predicted molar refractivity (Wildman–Crippen MR) is 131 cm³/mol. The van der Waals surface area contributed by atoms with Crippen molar-refractivity contribution >= 4 is 22.5 Å². The minimum atomic E-state index is -1.56. The number of hydrogen-bond acceptors (Lipinski definition) is 7. The van der Waals surface area contributed by atoms with Crippen LogP contribution in [0.4, 0.5) is 5.69 Å². The Balaban J connectivity index is 1.55. The molecule has 174 valence electrons. The number of H-pyrrole nitrogens is 1. The van der Waals surface area contributed by atoms with Gasteiger partial charge in [-0.15, -0.1) is 0 Å². The summed E-state index contributed by atoms with van der Waals surface area (Å²) < 4.78 is 11.2. The standard InChI is InChI=1S/C26H22N6O3/c1-34-20-7-5-6-18(13-20)26(35-2,24-28-10-11-29-24)25(33)31-19-12-17(14-27-15-19)22-16-30-32-23-9-4-3-8-21(22)23/h3-16H,1-2H3,(H,28,29)(H,31,33)/t26-/m1/s1. The number of nitrogens with one attached hydrogen (secondary N) is 2. The van der Waals surface area contributed by atoms with Crippen LogP contribution in [0.2, 0.25) is 0 Å². The Hall–Kier alpha value is -4.63. The number of aromatic amines is 1. The third-order valence-electron chi connectivity index (χ3n) is 5.79. The van der Waals surface area contributed by atoms with Crippen molar-refractivity contribution in [1.29, 1.82) is 0 Å². The van der Waals surface area contributed by atoms with E-state index in [1.54, 1.807) is 62.4 Å². The maximum Gasteiger partial charge on any atom is 0.269 e. The van der Waals surface area contributed by atoms with Gasteiger partial charge in [-0.2, -0.15) is 10.2 Å². The topological polar surface area (TPSA) is 115 Å². The fourth-order valence-electron chi connectivity index (χ4n) is 4.09. The molecule has 3 aromatic heterocycles. The first-order chi connectivity index (χ1) is 17.2. The van der Waals surface area contributed by atoms with Gasteiger partial charge in [0.05, 0.1) is 30.7 Å². The first-order valence-electron chi connectivity index (χ1n) is 10.8. The number of benzene rings is 2. The number of ether oxygens (including phenoxy) is 2. The summed E-state index contributed by atoms with van der Waals surface area (Å²) >= 11 is 0. The molecule has 9 nitrogen and oxygen atoms in total. The van der Waals surface area contributed by atoms with E-state index in [0.29, 0.717) is 22.8 Å². The van der Waals surface area contributed by atoms with Gasteiger partial charge in [-0.1, -0.05) is 30.3 Å². The molecule has 0 spiro atoms. The lowest BCUT2D eigenvalue weighted by atomic mass is 9.91. The van der Waals surface area contributed by atoms with Gasteiger partial charge in [-0.25, -0.2) is 4.98 Å². The van der Waals surface area contributed by atoms with Crippen LogP contribution >= 0.6 is 0 Å². The van der Waals surface area contributed by atoms with Crippen LogP contribution in [0.15, 0.2) is 85.6 Å². The van der Waals surface area contributed by atoms with Crippen LogP contribution in [-0.4, -0.2) is 45.3 Å². The molecule has 35 heavy (non-hydrogen) atoms. The number of rotatable bonds is 7. The number of pyridine rings is 1. The molecule has 0 saturated carbocycles. The zero-order valence-electron chi connectivity index (χ0n) is 19.1. The molecular formula is C26H22N6O3. The van der Waals surface area contributed by atoms with Crippen LogP contribution in [0.5, 0.6) is 5.75 Å². The average Bonchev–Trinajstić information content (AvgIpc) is 3.45. The van der Waals surface area contributed by atoms with E-state index >= 15 is 0 Å². The Morgan fingerprint density at radius 3 is 2.71 bits per heavy atom. The first kappa shape index (κ1) is 22.2. The number of hydrogen-bond donors (Lipinski definition) is 2. The molecule has 2 aromatic carbocycles. The molecule has 0 aliphatic heterocycles. The Kier molecular flexibility index (Phi) is 5.90. The van der Waals surface area contributed by atoms with Gasteiger partial charge in [-0.3, -0.25) is 9.78 Å². The fraction of sp³-hybridized carbons (Fsp3) is 0.115. The fourth-order valence-corrected chi connectivity index (χ4v) is 4.09. The zero-order valence-corrected chi connectivity index (χ0v) is 19.1. The average molecular weight is 467 g/mol. The Morgan fingerprint density at radius 2 is 1.91 bits per heavy atom. The Morgan fingerprint density at radius 1 is 1.03 bits per heavy atom. The van der Waals surface area contributed by atoms with Gasteiger partial charge < -0.3 is 19.8 Å². The highest BCUT2D eigenvalue weighted by atomic mass is 16.5. The molecule has 0 unspecified atom stereocenters. The van der Waals surface area contributed by atoms with Gasteiger partial charge in [0.1, 0.15) is 5.75 Å². The van der Waals surface area contributed by atoms with Crippen molar-refractivity contribution in [1.82, 2.24) is 25.1 Å². The van der Waals surface area contributed by atoms with Gasteiger partial charge in [0.25, 0.3) is 5.91 Å². The summed E-state index contributed by atoms with van der Waals surface area (Å²) in [6.07, 6.45) is 8.19. The normalized spacial score (nSPS) is 12.7. The molecule has 5 aromatic rings. The molecule has 1 atom stereocenters. The van der Waals surface area contributed by atoms with Crippen molar-refractivity contribution in [3.63, 3.8) is 0 Å². The van der Waals surface area contributed by atoms with Crippen molar-refractivity contribution < 1.29 is 14.3 Å². The number of fused-ring (bicyclic) bond motifs is 1. The summed E-state index contributed by atoms with van der Waals surface area (Å²) in [5.41, 5.74) is 1.91. The Bertz CT molecular complexity index is 1480. The van der Waals surface area contributed by atoms with E-state index in [9.17, 15) is 4.79 Å². The third kappa shape index (κ3) is 3.98.